The number of nitrogens with one attached hydrogen (secondary N) is 2. The molecule has 2 atom stereocenters. The number of rotatable bonds is 9. The smallest absolute Gasteiger partial charge is 0.328 e. The fraction of sp³-hybridized carbons (Fsp3) is 0.786. The van der Waals surface area contributed by atoms with Gasteiger partial charge in [-0.2, -0.15) is 0 Å². The van der Waals surface area contributed by atoms with Gasteiger partial charge in [-0.15, -0.1) is 12.4 Å². The van der Waals surface area contributed by atoms with Crippen molar-refractivity contribution in [2.45, 2.75) is 52.1 Å². The van der Waals surface area contributed by atoms with Gasteiger partial charge < -0.3 is 21.1 Å². The molecule has 0 bridgehead atoms. The number of halogens is 1. The van der Waals surface area contributed by atoms with Crippen LogP contribution in [0.2, 0.25) is 0 Å². The number of ether oxygens (including phenoxy) is 1. The number of carbonyl (C=O) groups excluding carboxylic acids is 3. The normalized spacial score (nSPS) is 12.8. The summed E-state index contributed by atoms with van der Waals surface area (Å²) in [7, 11) is 1.51. The van der Waals surface area contributed by atoms with E-state index in [-0.39, 0.29) is 43.7 Å². The van der Waals surface area contributed by atoms with Crippen molar-refractivity contribution in [2.24, 2.45) is 11.7 Å². The van der Waals surface area contributed by atoms with E-state index in [9.17, 15) is 14.4 Å². The minimum absolute atomic E-state index is 0. The third-order valence-corrected chi connectivity index (χ3v) is 2.89. The predicted octanol–water partition coefficient (Wildman–Crippen LogP) is 0.356. The fourth-order valence-electron chi connectivity index (χ4n) is 1.79. The number of carbonyl (C=O) groups is 3. The molecule has 0 aromatic heterocycles. The molecule has 0 aliphatic carbocycles. The Morgan fingerprint density at radius 2 is 1.82 bits per heavy atom. The Morgan fingerprint density at radius 1 is 1.23 bits per heavy atom. The van der Waals surface area contributed by atoms with E-state index in [2.05, 4.69) is 10.6 Å². The number of hydrogen-bond donors (Lipinski definition) is 3. The minimum atomic E-state index is -0.854. The molecule has 8 heteroatoms. The molecule has 0 aliphatic rings. The van der Waals surface area contributed by atoms with E-state index < -0.39 is 24.0 Å². The molecule has 0 unspecified atom stereocenters. The van der Waals surface area contributed by atoms with Crippen molar-refractivity contribution in [2.75, 3.05) is 13.7 Å². The third kappa shape index (κ3) is 9.57. The van der Waals surface area contributed by atoms with Gasteiger partial charge in [0.15, 0.2) is 0 Å². The van der Waals surface area contributed by atoms with Gasteiger partial charge in [0.1, 0.15) is 6.04 Å². The molecular formula is C14H28ClN3O4. The molecule has 0 heterocycles. The van der Waals surface area contributed by atoms with Crippen LogP contribution in [-0.2, 0) is 19.1 Å². The van der Waals surface area contributed by atoms with Crippen LogP contribution in [0.25, 0.3) is 0 Å². The van der Waals surface area contributed by atoms with E-state index >= 15 is 0 Å². The average molecular weight is 338 g/mol. The maximum absolute atomic E-state index is 12.0. The van der Waals surface area contributed by atoms with Crippen molar-refractivity contribution in [1.82, 2.24) is 10.6 Å². The Balaban J connectivity index is 0. The van der Waals surface area contributed by atoms with E-state index in [0.29, 0.717) is 6.42 Å². The van der Waals surface area contributed by atoms with Gasteiger partial charge in [-0.1, -0.05) is 13.8 Å². The van der Waals surface area contributed by atoms with Crippen molar-refractivity contribution in [3.63, 3.8) is 0 Å². The molecule has 7 nitrogen and oxygen atoms in total. The Bertz CT molecular complexity index is 364. The molecule has 0 rings (SSSR count). The average Bonchev–Trinajstić information content (AvgIpc) is 2.41. The van der Waals surface area contributed by atoms with Gasteiger partial charge in [0.05, 0.1) is 12.6 Å². The van der Waals surface area contributed by atoms with E-state index in [1.807, 2.05) is 13.8 Å². The molecule has 130 valence electrons. The second-order valence-electron chi connectivity index (χ2n) is 5.26. The lowest BCUT2D eigenvalue weighted by Crippen LogP contribution is -2.49. The molecule has 0 aliphatic heterocycles. The topological polar surface area (TPSA) is 111 Å². The molecule has 0 aromatic carbocycles. The molecule has 0 radical (unpaired) electrons. The standard InChI is InChI=1S/C14H27N3O4.ClH/c1-5-21-14(20)11(6-7-12(18)16-4)17-13(19)10(15)8-9(2)3;/h9-11H,5-8,15H2,1-4H3,(H,16,18)(H,17,19);1H/t10-,11-;/m0./s1. The lowest BCUT2D eigenvalue weighted by molar-refractivity contribution is -0.147. The molecule has 2 amide bonds. The molecule has 0 saturated carbocycles. The fourth-order valence-corrected chi connectivity index (χ4v) is 1.79. The molecule has 0 saturated heterocycles. The van der Waals surface area contributed by atoms with Crippen LogP contribution >= 0.6 is 12.4 Å². The van der Waals surface area contributed by atoms with Crippen molar-refractivity contribution < 1.29 is 19.1 Å². The van der Waals surface area contributed by atoms with Gasteiger partial charge in [-0.25, -0.2) is 4.79 Å². The van der Waals surface area contributed by atoms with Crippen LogP contribution in [0.4, 0.5) is 0 Å². The van der Waals surface area contributed by atoms with Crippen molar-refractivity contribution >= 4 is 30.2 Å². The first-order valence-corrected chi connectivity index (χ1v) is 7.24. The van der Waals surface area contributed by atoms with Crippen LogP contribution in [0.15, 0.2) is 0 Å². The quantitative estimate of drug-likeness (QED) is 0.526. The minimum Gasteiger partial charge on any atom is -0.464 e. The van der Waals surface area contributed by atoms with Crippen molar-refractivity contribution in [3.8, 4) is 0 Å². The molecule has 0 aromatic rings. The summed E-state index contributed by atoms with van der Waals surface area (Å²) in [4.78, 5) is 35.0. The maximum Gasteiger partial charge on any atom is 0.328 e. The summed E-state index contributed by atoms with van der Waals surface area (Å²) >= 11 is 0. The zero-order valence-electron chi connectivity index (χ0n) is 13.7. The number of hydrogen-bond acceptors (Lipinski definition) is 5. The highest BCUT2D eigenvalue weighted by atomic mass is 35.5. The highest BCUT2D eigenvalue weighted by Gasteiger charge is 2.25. The number of amides is 2. The first kappa shape index (κ1) is 22.9. The van der Waals surface area contributed by atoms with Crippen LogP contribution in [0.5, 0.6) is 0 Å². The van der Waals surface area contributed by atoms with Gasteiger partial charge in [0.25, 0.3) is 0 Å². The van der Waals surface area contributed by atoms with Crippen molar-refractivity contribution in [1.29, 1.82) is 0 Å². The Hall–Kier alpha value is -1.34. The van der Waals surface area contributed by atoms with Gasteiger partial charge in [-0.05, 0) is 25.7 Å². The van der Waals surface area contributed by atoms with E-state index in [4.69, 9.17) is 10.5 Å². The Kier molecular flexibility index (Phi) is 12.7. The van der Waals surface area contributed by atoms with E-state index in [1.54, 1.807) is 6.92 Å². The predicted molar refractivity (Wildman–Crippen MR) is 86.5 cm³/mol. The molecule has 0 fully saturated rings. The third-order valence-electron chi connectivity index (χ3n) is 2.89. The van der Waals surface area contributed by atoms with E-state index in [0.717, 1.165) is 0 Å². The van der Waals surface area contributed by atoms with Crippen LogP contribution in [0.3, 0.4) is 0 Å². The number of nitrogens with two attached hydrogens (primary N) is 1. The van der Waals surface area contributed by atoms with Gasteiger partial charge >= 0.3 is 5.97 Å². The van der Waals surface area contributed by atoms with Crippen LogP contribution in [-0.4, -0.2) is 43.5 Å². The van der Waals surface area contributed by atoms with Gasteiger partial charge in [0.2, 0.25) is 11.8 Å². The second kappa shape index (κ2) is 12.2. The lowest BCUT2D eigenvalue weighted by atomic mass is 10.0. The summed E-state index contributed by atoms with van der Waals surface area (Å²) in [5.41, 5.74) is 5.78. The largest absolute Gasteiger partial charge is 0.464 e. The highest BCUT2D eigenvalue weighted by molar-refractivity contribution is 5.88. The zero-order chi connectivity index (χ0) is 16.4. The molecule has 22 heavy (non-hydrogen) atoms. The zero-order valence-corrected chi connectivity index (χ0v) is 14.5. The van der Waals surface area contributed by atoms with Crippen LogP contribution in [0.1, 0.15) is 40.0 Å². The van der Waals surface area contributed by atoms with Crippen molar-refractivity contribution in [3.05, 3.63) is 0 Å². The summed E-state index contributed by atoms with van der Waals surface area (Å²) in [5, 5.41) is 5.03. The second-order valence-corrected chi connectivity index (χ2v) is 5.26. The first-order chi connectivity index (χ1) is 9.81. The number of esters is 1. The van der Waals surface area contributed by atoms with Gasteiger partial charge in [0, 0.05) is 13.5 Å². The summed E-state index contributed by atoms with van der Waals surface area (Å²) in [6.45, 7) is 5.81. The summed E-state index contributed by atoms with van der Waals surface area (Å²) < 4.78 is 4.91. The SMILES string of the molecule is CCOC(=O)[C@H](CCC(=O)NC)NC(=O)[C@@H](N)CC(C)C.Cl. The van der Waals surface area contributed by atoms with Crippen LogP contribution in [0, 0.1) is 5.92 Å². The Labute approximate surface area is 138 Å². The molecular weight excluding hydrogens is 310 g/mol. The summed E-state index contributed by atoms with van der Waals surface area (Å²) in [5.74, 6) is -0.882. The lowest BCUT2D eigenvalue weighted by Gasteiger charge is -2.20. The maximum atomic E-state index is 12.0. The molecule has 4 N–H and O–H groups in total. The summed E-state index contributed by atoms with van der Waals surface area (Å²) in [6, 6.07) is -1.53. The summed E-state index contributed by atoms with van der Waals surface area (Å²) in [6.07, 6.45) is 0.829. The molecule has 0 spiro atoms. The van der Waals surface area contributed by atoms with Gasteiger partial charge in [-0.3, -0.25) is 9.59 Å². The highest BCUT2D eigenvalue weighted by Crippen LogP contribution is 2.05. The van der Waals surface area contributed by atoms with E-state index in [1.165, 1.54) is 7.05 Å². The first-order valence-electron chi connectivity index (χ1n) is 7.24. The Morgan fingerprint density at radius 3 is 2.27 bits per heavy atom. The monoisotopic (exact) mass is 337 g/mol. The van der Waals surface area contributed by atoms with Crippen LogP contribution < -0.4 is 16.4 Å².